The van der Waals surface area contributed by atoms with Crippen molar-refractivity contribution in [3.05, 3.63) is 28.8 Å². The maximum Gasteiger partial charge on any atom is 0.122 e. The van der Waals surface area contributed by atoms with Crippen molar-refractivity contribution in [2.45, 2.75) is 51.2 Å². The Balaban J connectivity index is 2.19. The fraction of sp³-hybridized carbons (Fsp3) is 0.647. The molecule has 21 heavy (non-hydrogen) atoms. The van der Waals surface area contributed by atoms with E-state index in [1.165, 1.54) is 12.8 Å². The molecule has 0 radical (unpaired) electrons. The van der Waals surface area contributed by atoms with Crippen LogP contribution in [-0.4, -0.2) is 41.8 Å². The normalized spacial score (nSPS) is 20.2. The average Bonchev–Trinajstić information content (AvgIpc) is 3.01. The van der Waals surface area contributed by atoms with Gasteiger partial charge < -0.3 is 9.84 Å². The number of hydrogen-bond acceptors (Lipinski definition) is 3. The Bertz CT molecular complexity index is 474. The van der Waals surface area contributed by atoms with Crippen LogP contribution in [0, 0.1) is 0 Å². The van der Waals surface area contributed by atoms with Gasteiger partial charge in [0.05, 0.1) is 13.2 Å². The molecule has 0 spiro atoms. The fourth-order valence-corrected chi connectivity index (χ4v) is 3.43. The Kier molecular flexibility index (Phi) is 5.53. The first kappa shape index (κ1) is 16.6. The van der Waals surface area contributed by atoms with Crippen molar-refractivity contribution in [2.24, 2.45) is 0 Å². The van der Waals surface area contributed by atoms with Crippen LogP contribution in [0.1, 0.15) is 38.7 Å². The van der Waals surface area contributed by atoms with Crippen molar-refractivity contribution in [3.8, 4) is 5.75 Å². The number of methoxy groups -OCH3 is 1. The highest BCUT2D eigenvalue weighted by Gasteiger charge is 2.38. The fourth-order valence-electron chi connectivity index (χ4n) is 3.23. The molecule has 0 saturated carbocycles. The minimum absolute atomic E-state index is 0.191. The van der Waals surface area contributed by atoms with E-state index in [-0.39, 0.29) is 5.54 Å². The molecule has 1 aromatic rings. The SMILES string of the molecule is CCC(C)(C(O)Cc1cc(Cl)ccc1OC)N1CCCC1. The molecule has 1 aromatic carbocycles. The van der Waals surface area contributed by atoms with Crippen LogP contribution in [0.25, 0.3) is 0 Å². The quantitative estimate of drug-likeness (QED) is 0.872. The monoisotopic (exact) mass is 311 g/mol. The number of nitrogens with zero attached hydrogens (tertiary/aromatic N) is 1. The highest BCUT2D eigenvalue weighted by Crippen LogP contribution is 2.32. The topological polar surface area (TPSA) is 32.7 Å². The second kappa shape index (κ2) is 6.99. The Morgan fingerprint density at radius 3 is 2.62 bits per heavy atom. The molecule has 0 amide bonds. The molecular weight excluding hydrogens is 286 g/mol. The third kappa shape index (κ3) is 3.53. The Morgan fingerprint density at radius 1 is 1.38 bits per heavy atom. The van der Waals surface area contributed by atoms with Crippen LogP contribution >= 0.6 is 11.6 Å². The van der Waals surface area contributed by atoms with E-state index in [0.29, 0.717) is 11.4 Å². The van der Waals surface area contributed by atoms with E-state index in [0.717, 1.165) is 30.8 Å². The highest BCUT2D eigenvalue weighted by molar-refractivity contribution is 6.30. The first-order chi connectivity index (χ1) is 10.0. The molecule has 2 atom stereocenters. The van der Waals surface area contributed by atoms with Gasteiger partial charge in [-0.25, -0.2) is 0 Å². The van der Waals surface area contributed by atoms with Gasteiger partial charge in [-0.15, -0.1) is 0 Å². The molecule has 0 bridgehead atoms. The van der Waals surface area contributed by atoms with Crippen molar-refractivity contribution >= 4 is 11.6 Å². The summed E-state index contributed by atoms with van der Waals surface area (Å²) in [5.41, 5.74) is 0.778. The number of aliphatic hydroxyl groups is 1. The Morgan fingerprint density at radius 2 is 2.05 bits per heavy atom. The van der Waals surface area contributed by atoms with E-state index in [4.69, 9.17) is 16.3 Å². The van der Waals surface area contributed by atoms with Crippen molar-refractivity contribution < 1.29 is 9.84 Å². The summed E-state index contributed by atoms with van der Waals surface area (Å²) in [6, 6.07) is 5.57. The van der Waals surface area contributed by atoms with Crippen LogP contribution in [0.2, 0.25) is 5.02 Å². The summed E-state index contributed by atoms with van der Waals surface area (Å²) < 4.78 is 5.39. The van der Waals surface area contributed by atoms with Gasteiger partial charge in [0.2, 0.25) is 0 Å². The van der Waals surface area contributed by atoms with E-state index in [1.807, 2.05) is 18.2 Å². The van der Waals surface area contributed by atoms with Crippen LogP contribution in [0.15, 0.2) is 18.2 Å². The van der Waals surface area contributed by atoms with Gasteiger partial charge in [-0.3, -0.25) is 4.90 Å². The summed E-state index contributed by atoms with van der Waals surface area (Å²) in [5.74, 6) is 0.790. The molecule has 0 aromatic heterocycles. The molecule has 2 rings (SSSR count). The van der Waals surface area contributed by atoms with E-state index >= 15 is 0 Å². The maximum absolute atomic E-state index is 10.9. The van der Waals surface area contributed by atoms with Crippen molar-refractivity contribution in [1.29, 1.82) is 0 Å². The van der Waals surface area contributed by atoms with Crippen molar-refractivity contribution in [2.75, 3.05) is 20.2 Å². The lowest BCUT2D eigenvalue weighted by Gasteiger charge is -2.42. The van der Waals surface area contributed by atoms with Gasteiger partial charge in [0.25, 0.3) is 0 Å². The number of aliphatic hydroxyl groups excluding tert-OH is 1. The summed E-state index contributed by atoms with van der Waals surface area (Å²) >= 11 is 6.08. The van der Waals surface area contributed by atoms with E-state index in [2.05, 4.69) is 18.7 Å². The van der Waals surface area contributed by atoms with Crippen LogP contribution in [-0.2, 0) is 6.42 Å². The molecule has 1 aliphatic rings. The summed E-state index contributed by atoms with van der Waals surface area (Å²) in [6.07, 6.45) is 3.50. The number of rotatable bonds is 6. The summed E-state index contributed by atoms with van der Waals surface area (Å²) in [4.78, 5) is 2.43. The molecule has 1 N–H and O–H groups in total. The molecule has 0 aliphatic carbocycles. The summed E-state index contributed by atoms with van der Waals surface area (Å²) in [5, 5.41) is 11.5. The van der Waals surface area contributed by atoms with E-state index in [9.17, 15) is 5.11 Å². The minimum atomic E-state index is -0.437. The number of hydrogen-bond donors (Lipinski definition) is 1. The second-order valence-corrected chi connectivity index (χ2v) is 6.52. The molecule has 1 heterocycles. The predicted octanol–water partition coefficient (Wildman–Crippen LogP) is 3.52. The minimum Gasteiger partial charge on any atom is -0.496 e. The molecular formula is C17H26ClNO2. The maximum atomic E-state index is 10.9. The Labute approximate surface area is 132 Å². The molecule has 2 unspecified atom stereocenters. The van der Waals surface area contributed by atoms with Crippen LogP contribution in [0.5, 0.6) is 5.75 Å². The smallest absolute Gasteiger partial charge is 0.122 e. The number of ether oxygens (including phenoxy) is 1. The van der Waals surface area contributed by atoms with E-state index in [1.54, 1.807) is 7.11 Å². The molecule has 3 nitrogen and oxygen atoms in total. The second-order valence-electron chi connectivity index (χ2n) is 6.08. The lowest BCUT2D eigenvalue weighted by Crippen LogP contribution is -2.53. The molecule has 1 fully saturated rings. The number of halogens is 1. The zero-order valence-electron chi connectivity index (χ0n) is 13.2. The largest absolute Gasteiger partial charge is 0.496 e. The van der Waals surface area contributed by atoms with Gasteiger partial charge in [-0.1, -0.05) is 18.5 Å². The zero-order valence-corrected chi connectivity index (χ0v) is 14.0. The van der Waals surface area contributed by atoms with E-state index < -0.39 is 6.10 Å². The molecule has 1 saturated heterocycles. The van der Waals surface area contributed by atoms with Crippen LogP contribution in [0.4, 0.5) is 0 Å². The average molecular weight is 312 g/mol. The first-order valence-electron chi connectivity index (χ1n) is 7.76. The summed E-state index contributed by atoms with van der Waals surface area (Å²) in [7, 11) is 1.65. The number of likely N-dealkylation sites (tertiary alicyclic amines) is 1. The standard InChI is InChI=1S/C17H26ClNO2/c1-4-17(2,19-9-5-6-10-19)16(20)12-13-11-14(18)7-8-15(13)21-3/h7-8,11,16,20H,4-6,9-10,12H2,1-3H3. The van der Waals surface area contributed by atoms with Gasteiger partial charge in [0.15, 0.2) is 0 Å². The predicted molar refractivity (Wildman–Crippen MR) is 87.2 cm³/mol. The van der Waals surface area contributed by atoms with Gasteiger partial charge >= 0.3 is 0 Å². The Hall–Kier alpha value is -0.770. The first-order valence-corrected chi connectivity index (χ1v) is 8.14. The van der Waals surface area contributed by atoms with Crippen LogP contribution < -0.4 is 4.74 Å². The summed E-state index contributed by atoms with van der Waals surface area (Å²) in [6.45, 7) is 6.47. The van der Waals surface area contributed by atoms with Gasteiger partial charge in [-0.2, -0.15) is 0 Å². The number of benzene rings is 1. The van der Waals surface area contributed by atoms with Crippen molar-refractivity contribution in [3.63, 3.8) is 0 Å². The zero-order chi connectivity index (χ0) is 15.5. The molecule has 4 heteroatoms. The third-order valence-corrected chi connectivity index (χ3v) is 5.15. The lowest BCUT2D eigenvalue weighted by atomic mass is 9.85. The molecule has 1 aliphatic heterocycles. The van der Waals surface area contributed by atoms with Crippen molar-refractivity contribution in [1.82, 2.24) is 4.90 Å². The molecule has 118 valence electrons. The van der Waals surface area contributed by atoms with Gasteiger partial charge in [0.1, 0.15) is 5.75 Å². The highest BCUT2D eigenvalue weighted by atomic mass is 35.5. The van der Waals surface area contributed by atoms with Gasteiger partial charge in [-0.05, 0) is 63.0 Å². The third-order valence-electron chi connectivity index (χ3n) is 4.92. The lowest BCUT2D eigenvalue weighted by molar-refractivity contribution is -0.0119. The van der Waals surface area contributed by atoms with Gasteiger partial charge in [0, 0.05) is 17.0 Å². The van der Waals surface area contributed by atoms with Crippen LogP contribution in [0.3, 0.4) is 0 Å².